The Hall–Kier alpha value is -2.02. The summed E-state index contributed by atoms with van der Waals surface area (Å²) in [6, 6.07) is 0. The lowest BCUT2D eigenvalue weighted by molar-refractivity contribution is 0.269. The predicted octanol–water partition coefficient (Wildman–Crippen LogP) is 2.65. The number of aromatic amines is 1. The van der Waals surface area contributed by atoms with Crippen molar-refractivity contribution in [2.45, 2.75) is 20.3 Å². The van der Waals surface area contributed by atoms with Gasteiger partial charge in [-0.3, -0.25) is 0 Å². The summed E-state index contributed by atoms with van der Waals surface area (Å²) in [6.45, 7) is 5.30. The molecule has 3 aromatic rings. The van der Waals surface area contributed by atoms with Crippen LogP contribution in [0.5, 0.6) is 0 Å². The van der Waals surface area contributed by atoms with E-state index in [1.165, 1.54) is 6.33 Å². The Morgan fingerprint density at radius 3 is 2.79 bits per heavy atom. The van der Waals surface area contributed by atoms with E-state index in [-0.39, 0.29) is 0 Å². The Balaban J connectivity index is 1.75. The van der Waals surface area contributed by atoms with Crippen LogP contribution in [0.15, 0.2) is 24.9 Å². The fraction of sp³-hybridized carbons (Fsp3) is 0.400. The van der Waals surface area contributed by atoms with Crippen LogP contribution in [0.3, 0.4) is 0 Å². The van der Waals surface area contributed by atoms with Gasteiger partial charge in [0.1, 0.15) is 17.8 Å². The minimum Gasteiger partial charge on any atom is -0.383 e. The van der Waals surface area contributed by atoms with Crippen LogP contribution < -0.4 is 5.73 Å². The lowest BCUT2D eigenvalue weighted by Crippen LogP contribution is -1.98. The molecule has 0 aromatic carbocycles. The van der Waals surface area contributed by atoms with Crippen LogP contribution in [-0.2, 0) is 15.5 Å². The van der Waals surface area contributed by atoms with Crippen molar-refractivity contribution < 1.29 is 9.05 Å². The largest absolute Gasteiger partial charge is 0.383 e. The molecule has 0 spiro atoms. The summed E-state index contributed by atoms with van der Waals surface area (Å²) in [6.07, 6.45) is 8.81. The SMILES string of the molecule is CCOP(CCc1cnn(-c2c[nH]c3ncnc(N)c23)c1)OCC. The number of fused-ring (bicyclic) bond motifs is 1. The number of hydrogen-bond acceptors (Lipinski definition) is 6. The lowest BCUT2D eigenvalue weighted by atomic mass is 10.3. The molecule has 9 heteroatoms. The van der Waals surface area contributed by atoms with Gasteiger partial charge in [0, 0.05) is 18.6 Å². The molecule has 8 nitrogen and oxygen atoms in total. The number of aromatic nitrogens is 5. The van der Waals surface area contributed by atoms with Crippen molar-refractivity contribution in [3.05, 3.63) is 30.5 Å². The van der Waals surface area contributed by atoms with Crippen LogP contribution in [0.2, 0.25) is 0 Å². The van der Waals surface area contributed by atoms with Crippen molar-refractivity contribution in [3.63, 3.8) is 0 Å². The van der Waals surface area contributed by atoms with Gasteiger partial charge in [-0.2, -0.15) is 5.10 Å². The van der Waals surface area contributed by atoms with Crippen molar-refractivity contribution in [2.24, 2.45) is 0 Å². The van der Waals surface area contributed by atoms with Gasteiger partial charge in [0.2, 0.25) is 0 Å². The Bertz CT molecular complexity index is 796. The molecule has 0 fully saturated rings. The number of anilines is 1. The molecule has 0 amide bonds. The monoisotopic (exact) mass is 348 g/mol. The van der Waals surface area contributed by atoms with Crippen molar-refractivity contribution in [1.82, 2.24) is 24.7 Å². The Morgan fingerprint density at radius 2 is 2.04 bits per heavy atom. The maximum Gasteiger partial charge on any atom is 0.170 e. The summed E-state index contributed by atoms with van der Waals surface area (Å²) in [5.41, 5.74) is 8.62. The molecule has 24 heavy (non-hydrogen) atoms. The molecule has 0 radical (unpaired) electrons. The molecule has 128 valence electrons. The van der Waals surface area contributed by atoms with Gasteiger partial charge in [0.15, 0.2) is 8.38 Å². The second kappa shape index (κ2) is 7.70. The standard InChI is InChI=1S/C15H21N6O2P/c1-3-22-24(23-4-2)6-5-11-7-20-21(9-11)12-8-17-15-13(12)14(16)18-10-19-15/h7-10H,3-6H2,1-2H3,(H3,16,17,18,19). The fourth-order valence-corrected chi connectivity index (χ4v) is 3.80. The average molecular weight is 348 g/mol. The van der Waals surface area contributed by atoms with Crippen LogP contribution in [-0.4, -0.2) is 44.1 Å². The number of H-pyrrole nitrogens is 1. The molecule has 3 rings (SSSR count). The number of hydrogen-bond donors (Lipinski definition) is 2. The number of nitrogen functional groups attached to an aromatic ring is 1. The van der Waals surface area contributed by atoms with E-state index >= 15 is 0 Å². The van der Waals surface area contributed by atoms with Gasteiger partial charge in [-0.1, -0.05) is 0 Å². The lowest BCUT2D eigenvalue weighted by Gasteiger charge is -2.14. The van der Waals surface area contributed by atoms with Crippen LogP contribution in [0.1, 0.15) is 19.4 Å². The minimum absolute atomic E-state index is 0.435. The summed E-state index contributed by atoms with van der Waals surface area (Å²) >= 11 is 0. The Morgan fingerprint density at radius 1 is 1.25 bits per heavy atom. The first kappa shape index (κ1) is 16.8. The zero-order chi connectivity index (χ0) is 16.9. The molecule has 3 N–H and O–H groups in total. The zero-order valence-electron chi connectivity index (χ0n) is 13.8. The highest BCUT2D eigenvalue weighted by atomic mass is 31.2. The van der Waals surface area contributed by atoms with E-state index in [1.807, 2.05) is 32.4 Å². The molecule has 0 atom stereocenters. The average Bonchev–Trinajstić information content (AvgIpc) is 3.20. The van der Waals surface area contributed by atoms with Crippen LogP contribution in [0, 0.1) is 0 Å². The number of nitrogens with one attached hydrogen (secondary N) is 1. The molecular weight excluding hydrogens is 327 g/mol. The van der Waals surface area contributed by atoms with Gasteiger partial charge in [0.05, 0.1) is 30.5 Å². The molecule has 0 aliphatic heterocycles. The highest BCUT2D eigenvalue weighted by molar-refractivity contribution is 7.47. The van der Waals surface area contributed by atoms with Gasteiger partial charge in [-0.05, 0) is 25.8 Å². The summed E-state index contributed by atoms with van der Waals surface area (Å²) < 4.78 is 13.1. The molecule has 3 aromatic heterocycles. The highest BCUT2D eigenvalue weighted by Crippen LogP contribution is 2.38. The number of nitrogens with two attached hydrogens (primary N) is 1. The highest BCUT2D eigenvalue weighted by Gasteiger charge is 2.13. The van der Waals surface area contributed by atoms with Crippen LogP contribution in [0.4, 0.5) is 5.82 Å². The van der Waals surface area contributed by atoms with Gasteiger partial charge in [-0.15, -0.1) is 0 Å². The third kappa shape index (κ3) is 3.56. The van der Waals surface area contributed by atoms with Crippen molar-refractivity contribution >= 4 is 25.2 Å². The smallest absolute Gasteiger partial charge is 0.170 e. The summed E-state index contributed by atoms with van der Waals surface area (Å²) in [5.74, 6) is 0.435. The maximum atomic E-state index is 5.97. The summed E-state index contributed by atoms with van der Waals surface area (Å²) in [7, 11) is -0.837. The van der Waals surface area contributed by atoms with Gasteiger partial charge in [0.25, 0.3) is 0 Å². The van der Waals surface area contributed by atoms with E-state index in [1.54, 1.807) is 4.68 Å². The number of aryl methyl sites for hydroxylation is 1. The Kier molecular flexibility index (Phi) is 5.40. The van der Waals surface area contributed by atoms with Crippen molar-refractivity contribution in [3.8, 4) is 5.69 Å². The van der Waals surface area contributed by atoms with Gasteiger partial charge < -0.3 is 19.8 Å². The number of rotatable bonds is 8. The predicted molar refractivity (Wildman–Crippen MR) is 94.2 cm³/mol. The molecule has 3 heterocycles. The van der Waals surface area contributed by atoms with E-state index in [0.29, 0.717) is 24.7 Å². The second-order valence-electron chi connectivity index (χ2n) is 5.09. The van der Waals surface area contributed by atoms with E-state index in [9.17, 15) is 0 Å². The third-order valence-corrected chi connectivity index (χ3v) is 5.17. The molecule has 0 unspecified atom stereocenters. The van der Waals surface area contributed by atoms with E-state index in [2.05, 4.69) is 20.1 Å². The fourth-order valence-electron chi connectivity index (χ4n) is 2.45. The third-order valence-electron chi connectivity index (χ3n) is 3.49. The zero-order valence-corrected chi connectivity index (χ0v) is 14.7. The molecule has 0 aliphatic rings. The topological polar surface area (TPSA) is 104 Å². The van der Waals surface area contributed by atoms with Crippen molar-refractivity contribution in [2.75, 3.05) is 25.1 Å². The molecular formula is C15H21N6O2P. The molecule has 0 aliphatic carbocycles. The molecule has 0 bridgehead atoms. The van der Waals surface area contributed by atoms with Crippen LogP contribution in [0.25, 0.3) is 16.7 Å². The van der Waals surface area contributed by atoms with E-state index in [4.69, 9.17) is 14.8 Å². The first-order valence-corrected chi connectivity index (χ1v) is 9.24. The number of nitrogens with zero attached hydrogens (tertiary/aromatic N) is 4. The van der Waals surface area contributed by atoms with E-state index < -0.39 is 8.38 Å². The van der Waals surface area contributed by atoms with Crippen LogP contribution >= 0.6 is 8.38 Å². The maximum absolute atomic E-state index is 5.97. The second-order valence-corrected chi connectivity index (χ2v) is 6.72. The normalized spacial score (nSPS) is 11.6. The van der Waals surface area contributed by atoms with E-state index in [0.717, 1.165) is 29.2 Å². The Labute approximate surface area is 141 Å². The molecule has 0 saturated heterocycles. The minimum atomic E-state index is -0.837. The molecule has 0 saturated carbocycles. The first-order valence-electron chi connectivity index (χ1n) is 7.87. The van der Waals surface area contributed by atoms with Gasteiger partial charge in [-0.25, -0.2) is 14.6 Å². The summed E-state index contributed by atoms with van der Waals surface area (Å²) in [5, 5.41) is 5.21. The summed E-state index contributed by atoms with van der Waals surface area (Å²) in [4.78, 5) is 11.3. The van der Waals surface area contributed by atoms with Crippen molar-refractivity contribution in [1.29, 1.82) is 0 Å². The quantitative estimate of drug-likeness (QED) is 0.607. The first-order chi connectivity index (χ1) is 11.7. The van der Waals surface area contributed by atoms with Gasteiger partial charge >= 0.3 is 0 Å².